The van der Waals surface area contributed by atoms with Crippen molar-refractivity contribution in [3.63, 3.8) is 0 Å². The predicted molar refractivity (Wildman–Crippen MR) is 95.8 cm³/mol. The summed E-state index contributed by atoms with van der Waals surface area (Å²) in [6.45, 7) is 6.41. The predicted octanol–water partition coefficient (Wildman–Crippen LogP) is 3.83. The molecule has 0 amide bonds. The van der Waals surface area contributed by atoms with Crippen LogP contribution in [0, 0.1) is 12.8 Å². The van der Waals surface area contributed by atoms with E-state index in [4.69, 9.17) is 5.73 Å². The fraction of sp³-hybridized carbons (Fsp3) is 0.438. The van der Waals surface area contributed by atoms with Gasteiger partial charge in [-0.05, 0) is 24.8 Å². The van der Waals surface area contributed by atoms with Gasteiger partial charge in [0.15, 0.2) is 10.2 Å². The second-order valence-electron chi connectivity index (χ2n) is 6.13. The van der Waals surface area contributed by atoms with Gasteiger partial charge in [0.25, 0.3) is 0 Å². The van der Waals surface area contributed by atoms with Crippen molar-refractivity contribution in [3.05, 3.63) is 41.2 Å². The second kappa shape index (κ2) is 6.98. The van der Waals surface area contributed by atoms with Gasteiger partial charge in [-0.3, -0.25) is 0 Å². The quantitative estimate of drug-likeness (QED) is 0.686. The number of aryl methyl sites for hydroxylation is 1. The maximum Gasteiger partial charge on any atom is 0.235 e. The Morgan fingerprint density at radius 2 is 1.96 bits per heavy atom. The Hall–Kier alpha value is -1.44. The van der Waals surface area contributed by atoms with Gasteiger partial charge < -0.3 is 5.73 Å². The number of nitrogens with two attached hydrogens (primary N) is 1. The lowest BCUT2D eigenvalue weighted by Gasteiger charge is -2.10. The fourth-order valence-electron chi connectivity index (χ4n) is 2.35. The molecule has 0 spiro atoms. The van der Waals surface area contributed by atoms with Crippen molar-refractivity contribution in [2.24, 2.45) is 11.7 Å². The Balaban J connectivity index is 1.73. The number of hydrogen-bond acceptors (Lipinski definition) is 6. The number of rotatable bonds is 6. The number of benzene rings is 1. The average Bonchev–Trinajstić information content (AvgIpc) is 3.05. The lowest BCUT2D eigenvalue weighted by atomic mass is 10.0. The second-order valence-corrected chi connectivity index (χ2v) is 8.31. The third-order valence-electron chi connectivity index (χ3n) is 3.54. The minimum Gasteiger partial charge on any atom is -0.321 e. The smallest absolute Gasteiger partial charge is 0.235 e. The van der Waals surface area contributed by atoms with Crippen molar-refractivity contribution in [1.29, 1.82) is 0 Å². The summed E-state index contributed by atoms with van der Waals surface area (Å²) in [6.07, 6.45) is 0.879. The Morgan fingerprint density at radius 1 is 1.22 bits per heavy atom. The SMILES string of the molecule is Cc1ccc(CSc2nn3c(C(N)CC(C)C)nnc3s2)cc1. The molecule has 2 aromatic heterocycles. The first-order valence-corrected chi connectivity index (χ1v) is 9.49. The van der Waals surface area contributed by atoms with E-state index in [2.05, 4.69) is 60.3 Å². The van der Waals surface area contributed by atoms with Crippen LogP contribution in [-0.2, 0) is 5.75 Å². The number of aromatic nitrogens is 4. The maximum atomic E-state index is 6.23. The van der Waals surface area contributed by atoms with Gasteiger partial charge in [0.1, 0.15) is 0 Å². The molecule has 0 aliphatic carbocycles. The molecule has 5 nitrogen and oxygen atoms in total. The van der Waals surface area contributed by atoms with E-state index in [9.17, 15) is 0 Å². The van der Waals surface area contributed by atoms with E-state index in [0.717, 1.165) is 27.3 Å². The Morgan fingerprint density at radius 3 is 2.65 bits per heavy atom. The van der Waals surface area contributed by atoms with Crippen molar-refractivity contribution in [1.82, 2.24) is 19.8 Å². The maximum absolute atomic E-state index is 6.23. The molecule has 3 aromatic rings. The molecule has 0 saturated carbocycles. The van der Waals surface area contributed by atoms with Crippen LogP contribution in [0.3, 0.4) is 0 Å². The largest absolute Gasteiger partial charge is 0.321 e. The normalized spacial score (nSPS) is 13.1. The molecule has 23 heavy (non-hydrogen) atoms. The van der Waals surface area contributed by atoms with Crippen LogP contribution in [0.4, 0.5) is 0 Å². The first-order chi connectivity index (χ1) is 11.0. The lowest BCUT2D eigenvalue weighted by Crippen LogP contribution is -2.16. The molecule has 0 saturated heterocycles. The number of thioether (sulfide) groups is 1. The molecule has 122 valence electrons. The van der Waals surface area contributed by atoms with E-state index in [1.165, 1.54) is 11.1 Å². The van der Waals surface area contributed by atoms with Gasteiger partial charge in [-0.2, -0.15) is 4.52 Å². The molecule has 0 aliphatic rings. The molecule has 2 heterocycles. The summed E-state index contributed by atoms with van der Waals surface area (Å²) in [5.41, 5.74) is 8.80. The molecule has 0 aliphatic heterocycles. The zero-order valence-corrected chi connectivity index (χ0v) is 15.2. The Bertz CT molecular complexity index is 775. The van der Waals surface area contributed by atoms with E-state index < -0.39 is 0 Å². The lowest BCUT2D eigenvalue weighted by molar-refractivity contribution is 0.485. The van der Waals surface area contributed by atoms with Crippen LogP contribution in [0.5, 0.6) is 0 Å². The van der Waals surface area contributed by atoms with Gasteiger partial charge in [0.2, 0.25) is 4.96 Å². The number of fused-ring (bicyclic) bond motifs is 1. The Labute approximate surface area is 144 Å². The summed E-state index contributed by atoms with van der Waals surface area (Å²) in [7, 11) is 0. The molecule has 1 aromatic carbocycles. The highest BCUT2D eigenvalue weighted by Crippen LogP contribution is 2.29. The van der Waals surface area contributed by atoms with Crippen LogP contribution < -0.4 is 5.73 Å². The molecular formula is C16H21N5S2. The van der Waals surface area contributed by atoms with Gasteiger partial charge in [-0.15, -0.1) is 15.3 Å². The molecule has 7 heteroatoms. The zero-order chi connectivity index (χ0) is 16.4. The molecule has 0 bridgehead atoms. The van der Waals surface area contributed by atoms with Gasteiger partial charge in [-0.25, -0.2) is 0 Å². The standard InChI is InChI=1S/C16H21N5S2/c1-10(2)8-13(17)14-18-19-15-21(14)20-16(23-15)22-9-12-6-4-11(3)5-7-12/h4-7,10,13H,8-9,17H2,1-3H3. The highest BCUT2D eigenvalue weighted by atomic mass is 32.2. The van der Waals surface area contributed by atoms with Crippen molar-refractivity contribution in [2.75, 3.05) is 0 Å². The van der Waals surface area contributed by atoms with Crippen molar-refractivity contribution < 1.29 is 0 Å². The van der Waals surface area contributed by atoms with Crippen molar-refractivity contribution in [2.45, 2.75) is 43.3 Å². The van der Waals surface area contributed by atoms with Crippen molar-refractivity contribution >= 4 is 28.1 Å². The minimum absolute atomic E-state index is 0.123. The first kappa shape index (κ1) is 16.4. The van der Waals surface area contributed by atoms with E-state index in [-0.39, 0.29) is 6.04 Å². The molecule has 0 radical (unpaired) electrons. The molecule has 1 unspecified atom stereocenters. The number of nitrogens with zero attached hydrogens (tertiary/aromatic N) is 4. The highest BCUT2D eigenvalue weighted by Gasteiger charge is 2.18. The average molecular weight is 348 g/mol. The summed E-state index contributed by atoms with van der Waals surface area (Å²) >= 11 is 3.28. The van der Waals surface area contributed by atoms with Crippen LogP contribution in [0.25, 0.3) is 4.96 Å². The van der Waals surface area contributed by atoms with E-state index >= 15 is 0 Å². The van der Waals surface area contributed by atoms with Gasteiger partial charge in [-0.1, -0.05) is 66.8 Å². The summed E-state index contributed by atoms with van der Waals surface area (Å²) in [5.74, 6) is 2.18. The summed E-state index contributed by atoms with van der Waals surface area (Å²) in [5, 5.41) is 13.0. The van der Waals surface area contributed by atoms with Crippen LogP contribution in [-0.4, -0.2) is 19.8 Å². The van der Waals surface area contributed by atoms with Gasteiger partial charge >= 0.3 is 0 Å². The fourth-order valence-corrected chi connectivity index (χ4v) is 4.19. The van der Waals surface area contributed by atoms with E-state index in [1.54, 1.807) is 27.6 Å². The Kier molecular flexibility index (Phi) is 4.99. The topological polar surface area (TPSA) is 69.1 Å². The van der Waals surface area contributed by atoms with Gasteiger partial charge in [0, 0.05) is 5.75 Å². The van der Waals surface area contributed by atoms with Crippen LogP contribution in [0.1, 0.15) is 43.3 Å². The molecular weight excluding hydrogens is 326 g/mol. The molecule has 3 rings (SSSR count). The summed E-state index contributed by atoms with van der Waals surface area (Å²) < 4.78 is 2.79. The summed E-state index contributed by atoms with van der Waals surface area (Å²) in [4.78, 5) is 0.811. The minimum atomic E-state index is -0.123. The molecule has 2 N–H and O–H groups in total. The zero-order valence-electron chi connectivity index (χ0n) is 13.6. The highest BCUT2D eigenvalue weighted by molar-refractivity contribution is 8.00. The van der Waals surface area contributed by atoms with Gasteiger partial charge in [0.05, 0.1) is 6.04 Å². The van der Waals surface area contributed by atoms with Crippen LogP contribution >= 0.6 is 23.1 Å². The third-order valence-corrected chi connectivity index (χ3v) is 5.64. The third kappa shape index (κ3) is 3.91. The monoisotopic (exact) mass is 347 g/mol. The first-order valence-electron chi connectivity index (χ1n) is 7.69. The number of hydrogen-bond donors (Lipinski definition) is 1. The molecule has 1 atom stereocenters. The molecule has 0 fully saturated rings. The summed E-state index contributed by atoms with van der Waals surface area (Å²) in [6, 6.07) is 8.47. The van der Waals surface area contributed by atoms with E-state index in [1.807, 2.05) is 0 Å². The van der Waals surface area contributed by atoms with Crippen LogP contribution in [0.15, 0.2) is 28.6 Å². The van der Waals surface area contributed by atoms with Crippen molar-refractivity contribution in [3.8, 4) is 0 Å². The van der Waals surface area contributed by atoms with E-state index in [0.29, 0.717) is 5.92 Å². The van der Waals surface area contributed by atoms with Crippen LogP contribution in [0.2, 0.25) is 0 Å².